The van der Waals surface area contributed by atoms with Gasteiger partial charge in [0.1, 0.15) is 5.52 Å². The van der Waals surface area contributed by atoms with E-state index in [0.717, 1.165) is 17.0 Å². The molecule has 0 amide bonds. The van der Waals surface area contributed by atoms with Gasteiger partial charge in [0.15, 0.2) is 0 Å². The van der Waals surface area contributed by atoms with E-state index in [4.69, 9.17) is 0 Å². The van der Waals surface area contributed by atoms with Crippen LogP contribution < -0.4 is 5.32 Å². The number of nitrogens with zero attached hydrogens (tertiary/aromatic N) is 3. The fourth-order valence-electron chi connectivity index (χ4n) is 2.76. The van der Waals surface area contributed by atoms with Gasteiger partial charge in [-0.1, -0.05) is 31.9 Å². The van der Waals surface area contributed by atoms with E-state index in [1.165, 1.54) is 32.1 Å². The first-order valence-corrected chi connectivity index (χ1v) is 7.17. The zero-order valence-corrected chi connectivity index (χ0v) is 11.3. The van der Waals surface area contributed by atoms with Gasteiger partial charge in [0.2, 0.25) is 5.95 Å². The molecule has 1 heterocycles. The van der Waals surface area contributed by atoms with E-state index in [0.29, 0.717) is 12.0 Å². The molecule has 1 fully saturated rings. The molecule has 1 aliphatic carbocycles. The minimum Gasteiger partial charge on any atom is -0.350 e. The molecule has 0 aliphatic heterocycles. The number of fused-ring (bicyclic) bond motifs is 1. The van der Waals surface area contributed by atoms with Gasteiger partial charge in [0.05, 0.1) is 5.52 Å². The molecule has 0 spiro atoms. The molecule has 2 unspecified atom stereocenters. The topological polar surface area (TPSA) is 50.7 Å². The first-order valence-electron chi connectivity index (χ1n) is 7.17. The van der Waals surface area contributed by atoms with Crippen molar-refractivity contribution in [1.29, 1.82) is 0 Å². The van der Waals surface area contributed by atoms with Gasteiger partial charge in [-0.25, -0.2) is 4.98 Å². The normalized spacial score (nSPS) is 24.1. The number of para-hydroxylation sites is 1. The maximum Gasteiger partial charge on any atom is 0.243 e. The van der Waals surface area contributed by atoms with Crippen molar-refractivity contribution in [2.24, 2.45) is 5.92 Å². The highest BCUT2D eigenvalue weighted by Gasteiger charge is 2.16. The number of hydrogen-bond acceptors (Lipinski definition) is 4. The van der Waals surface area contributed by atoms with Crippen LogP contribution in [0, 0.1) is 5.92 Å². The highest BCUT2D eigenvalue weighted by molar-refractivity contribution is 5.74. The van der Waals surface area contributed by atoms with Gasteiger partial charge in [0.25, 0.3) is 0 Å². The molecule has 0 saturated heterocycles. The van der Waals surface area contributed by atoms with E-state index in [1.54, 1.807) is 0 Å². The number of rotatable bonds is 2. The van der Waals surface area contributed by atoms with Gasteiger partial charge in [-0.15, -0.1) is 10.2 Å². The Morgan fingerprint density at radius 3 is 2.74 bits per heavy atom. The van der Waals surface area contributed by atoms with Crippen LogP contribution in [0.5, 0.6) is 0 Å². The van der Waals surface area contributed by atoms with Crippen molar-refractivity contribution in [2.75, 3.05) is 5.32 Å². The summed E-state index contributed by atoms with van der Waals surface area (Å²) in [6, 6.07) is 8.34. The van der Waals surface area contributed by atoms with Crippen LogP contribution in [-0.2, 0) is 0 Å². The molecule has 19 heavy (non-hydrogen) atoms. The maximum absolute atomic E-state index is 4.53. The number of anilines is 1. The molecule has 3 rings (SSSR count). The zero-order valence-electron chi connectivity index (χ0n) is 11.3. The molecule has 1 saturated carbocycles. The second-order valence-corrected chi connectivity index (χ2v) is 5.58. The smallest absolute Gasteiger partial charge is 0.243 e. The van der Waals surface area contributed by atoms with Crippen LogP contribution in [0.3, 0.4) is 0 Å². The predicted octanol–water partition coefficient (Wildman–Crippen LogP) is 3.41. The van der Waals surface area contributed by atoms with Crippen molar-refractivity contribution < 1.29 is 0 Å². The monoisotopic (exact) mass is 256 g/mol. The van der Waals surface area contributed by atoms with Crippen molar-refractivity contribution >= 4 is 17.0 Å². The van der Waals surface area contributed by atoms with Crippen LogP contribution in [0.1, 0.15) is 39.0 Å². The first-order chi connectivity index (χ1) is 9.31. The van der Waals surface area contributed by atoms with Crippen molar-refractivity contribution in [1.82, 2.24) is 15.2 Å². The minimum atomic E-state index is 0.493. The van der Waals surface area contributed by atoms with Crippen LogP contribution >= 0.6 is 0 Å². The minimum absolute atomic E-state index is 0.493. The molecule has 4 nitrogen and oxygen atoms in total. The van der Waals surface area contributed by atoms with E-state index in [-0.39, 0.29) is 0 Å². The maximum atomic E-state index is 4.53. The van der Waals surface area contributed by atoms with Crippen LogP contribution in [-0.4, -0.2) is 21.2 Å². The number of benzene rings is 1. The summed E-state index contributed by atoms with van der Waals surface area (Å²) in [6.07, 6.45) is 6.34. The lowest BCUT2D eigenvalue weighted by atomic mass is 10.0. The Labute approximate surface area is 113 Å². The SMILES string of the molecule is CC1CCCC(Nc2nnc3ccccc3n2)CC1. The molecule has 1 N–H and O–H groups in total. The molecule has 4 heteroatoms. The molecule has 100 valence electrons. The summed E-state index contributed by atoms with van der Waals surface area (Å²) in [5.74, 6) is 1.51. The van der Waals surface area contributed by atoms with Gasteiger partial charge >= 0.3 is 0 Å². The molecule has 2 atom stereocenters. The third kappa shape index (κ3) is 3.00. The van der Waals surface area contributed by atoms with E-state index in [2.05, 4.69) is 27.4 Å². The summed E-state index contributed by atoms with van der Waals surface area (Å²) >= 11 is 0. The summed E-state index contributed by atoms with van der Waals surface area (Å²) in [6.45, 7) is 2.34. The Balaban J connectivity index is 1.73. The lowest BCUT2D eigenvalue weighted by Crippen LogP contribution is -2.20. The summed E-state index contributed by atoms with van der Waals surface area (Å²) in [5, 5.41) is 11.8. The Hall–Kier alpha value is -1.71. The molecule has 1 aromatic carbocycles. The summed E-state index contributed by atoms with van der Waals surface area (Å²) in [5.41, 5.74) is 1.75. The van der Waals surface area contributed by atoms with Gasteiger partial charge in [-0.3, -0.25) is 0 Å². The standard InChI is InChI=1S/C15H20N4/c1-11-5-4-6-12(10-9-11)16-15-17-13-7-2-3-8-14(13)18-19-15/h2-3,7-8,11-12H,4-6,9-10H2,1H3,(H,16,17,19). The van der Waals surface area contributed by atoms with Crippen molar-refractivity contribution in [3.63, 3.8) is 0 Å². The molecular weight excluding hydrogens is 236 g/mol. The lowest BCUT2D eigenvalue weighted by molar-refractivity contribution is 0.501. The number of aromatic nitrogens is 3. The Bertz CT molecular complexity index is 555. The van der Waals surface area contributed by atoms with E-state index in [1.807, 2.05) is 24.3 Å². The fourth-order valence-corrected chi connectivity index (χ4v) is 2.76. The second kappa shape index (κ2) is 5.51. The van der Waals surface area contributed by atoms with E-state index in [9.17, 15) is 0 Å². The van der Waals surface area contributed by atoms with Gasteiger partial charge in [-0.2, -0.15) is 0 Å². The van der Waals surface area contributed by atoms with Crippen molar-refractivity contribution in [3.8, 4) is 0 Å². The number of hydrogen-bond donors (Lipinski definition) is 1. The molecule has 0 radical (unpaired) electrons. The molecule has 1 aromatic heterocycles. The van der Waals surface area contributed by atoms with Crippen LogP contribution in [0.25, 0.3) is 11.0 Å². The summed E-state index contributed by atoms with van der Waals surface area (Å²) in [7, 11) is 0. The van der Waals surface area contributed by atoms with Gasteiger partial charge < -0.3 is 5.32 Å². The number of nitrogens with one attached hydrogen (secondary N) is 1. The third-order valence-electron chi connectivity index (χ3n) is 3.95. The Morgan fingerprint density at radius 2 is 1.84 bits per heavy atom. The van der Waals surface area contributed by atoms with Gasteiger partial charge in [0, 0.05) is 6.04 Å². The molecular formula is C15H20N4. The Kier molecular flexibility index (Phi) is 3.58. The largest absolute Gasteiger partial charge is 0.350 e. The van der Waals surface area contributed by atoms with Crippen molar-refractivity contribution in [3.05, 3.63) is 24.3 Å². The summed E-state index contributed by atoms with van der Waals surface area (Å²) in [4.78, 5) is 4.53. The fraction of sp³-hybridized carbons (Fsp3) is 0.533. The Morgan fingerprint density at radius 1 is 1.00 bits per heavy atom. The zero-order chi connectivity index (χ0) is 13.1. The first kappa shape index (κ1) is 12.3. The second-order valence-electron chi connectivity index (χ2n) is 5.58. The average molecular weight is 256 g/mol. The highest BCUT2D eigenvalue weighted by atomic mass is 15.2. The van der Waals surface area contributed by atoms with E-state index >= 15 is 0 Å². The van der Waals surface area contributed by atoms with Crippen LogP contribution in [0.15, 0.2) is 24.3 Å². The lowest BCUT2D eigenvalue weighted by Gasteiger charge is -2.15. The predicted molar refractivity (Wildman–Crippen MR) is 77.0 cm³/mol. The molecule has 1 aliphatic rings. The van der Waals surface area contributed by atoms with Crippen LogP contribution in [0.2, 0.25) is 0 Å². The molecule has 0 bridgehead atoms. The van der Waals surface area contributed by atoms with Gasteiger partial charge in [-0.05, 0) is 37.3 Å². The van der Waals surface area contributed by atoms with E-state index < -0.39 is 0 Å². The van der Waals surface area contributed by atoms with Crippen molar-refractivity contribution in [2.45, 2.75) is 45.1 Å². The summed E-state index contributed by atoms with van der Waals surface area (Å²) < 4.78 is 0. The highest BCUT2D eigenvalue weighted by Crippen LogP contribution is 2.24. The molecule has 2 aromatic rings. The quantitative estimate of drug-likeness (QED) is 0.837. The average Bonchev–Trinajstić information content (AvgIpc) is 2.64. The third-order valence-corrected chi connectivity index (χ3v) is 3.95. The van der Waals surface area contributed by atoms with Crippen LogP contribution in [0.4, 0.5) is 5.95 Å².